The summed E-state index contributed by atoms with van der Waals surface area (Å²) in [5.41, 5.74) is 4.89. The molecule has 0 saturated carbocycles. The first-order valence-corrected chi connectivity index (χ1v) is 9.48. The zero-order valence-corrected chi connectivity index (χ0v) is 16.4. The average Bonchev–Trinajstić information content (AvgIpc) is 2.59. The van der Waals surface area contributed by atoms with Gasteiger partial charge in [-0.3, -0.25) is 5.01 Å². The van der Waals surface area contributed by atoms with E-state index in [1.54, 1.807) is 17.2 Å². The largest absolute Gasteiger partial charge is 0.507 e. The van der Waals surface area contributed by atoms with Crippen molar-refractivity contribution in [3.63, 3.8) is 0 Å². The SMILES string of the molecule is Cc1ccc(C[NH+]2CCN(N=Cc3cc(Br)ccc3O)CC2)c(C)c1. The molecule has 0 spiro atoms. The zero-order chi connectivity index (χ0) is 17.8. The Hall–Kier alpha value is -1.85. The number of aryl methyl sites for hydroxylation is 2. The van der Waals surface area contributed by atoms with Crippen LogP contribution in [0.3, 0.4) is 0 Å². The van der Waals surface area contributed by atoms with E-state index in [1.807, 2.05) is 12.1 Å². The van der Waals surface area contributed by atoms with Crippen LogP contribution in [-0.2, 0) is 6.54 Å². The summed E-state index contributed by atoms with van der Waals surface area (Å²) in [5, 5.41) is 16.5. The minimum absolute atomic E-state index is 0.256. The number of hydrogen-bond donors (Lipinski definition) is 2. The molecule has 1 aliphatic heterocycles. The van der Waals surface area contributed by atoms with E-state index in [-0.39, 0.29) is 5.75 Å². The highest BCUT2D eigenvalue weighted by molar-refractivity contribution is 9.10. The molecule has 0 amide bonds. The van der Waals surface area contributed by atoms with Gasteiger partial charge in [-0.25, -0.2) is 0 Å². The monoisotopic (exact) mass is 402 g/mol. The van der Waals surface area contributed by atoms with Crippen LogP contribution in [0.25, 0.3) is 0 Å². The molecule has 0 unspecified atom stereocenters. The minimum Gasteiger partial charge on any atom is -0.507 e. The predicted molar refractivity (Wildman–Crippen MR) is 105 cm³/mol. The summed E-state index contributed by atoms with van der Waals surface area (Å²) in [6, 6.07) is 12.1. The summed E-state index contributed by atoms with van der Waals surface area (Å²) in [6.45, 7) is 9.45. The molecule has 1 fully saturated rings. The maximum absolute atomic E-state index is 9.88. The van der Waals surface area contributed by atoms with Crippen LogP contribution < -0.4 is 4.90 Å². The van der Waals surface area contributed by atoms with E-state index in [2.05, 4.69) is 58.1 Å². The molecule has 0 aliphatic carbocycles. The molecule has 0 aromatic heterocycles. The third-order valence-electron chi connectivity index (χ3n) is 4.74. The molecule has 132 valence electrons. The van der Waals surface area contributed by atoms with Gasteiger partial charge in [-0.15, -0.1) is 0 Å². The molecule has 25 heavy (non-hydrogen) atoms. The Morgan fingerprint density at radius 3 is 2.64 bits per heavy atom. The van der Waals surface area contributed by atoms with Crippen molar-refractivity contribution in [3.8, 4) is 5.75 Å². The molecule has 1 heterocycles. The Bertz CT molecular complexity index is 768. The van der Waals surface area contributed by atoms with E-state index in [9.17, 15) is 5.11 Å². The second-order valence-corrected chi connectivity index (χ2v) is 7.67. The Morgan fingerprint density at radius 1 is 1.16 bits per heavy atom. The summed E-state index contributed by atoms with van der Waals surface area (Å²) in [6.07, 6.45) is 1.75. The van der Waals surface area contributed by atoms with Gasteiger partial charge in [-0.1, -0.05) is 39.7 Å². The average molecular weight is 403 g/mol. The lowest BCUT2D eigenvalue weighted by atomic mass is 10.1. The van der Waals surface area contributed by atoms with Crippen LogP contribution in [0.4, 0.5) is 0 Å². The fourth-order valence-electron chi connectivity index (χ4n) is 3.19. The lowest BCUT2D eigenvalue weighted by Gasteiger charge is -2.30. The number of nitrogens with one attached hydrogen (secondary N) is 1. The Morgan fingerprint density at radius 2 is 1.92 bits per heavy atom. The van der Waals surface area contributed by atoms with Crippen molar-refractivity contribution in [1.29, 1.82) is 0 Å². The van der Waals surface area contributed by atoms with Crippen LogP contribution in [0.15, 0.2) is 46.0 Å². The first kappa shape index (κ1) is 18.0. The van der Waals surface area contributed by atoms with Crippen LogP contribution in [0.5, 0.6) is 5.75 Å². The molecule has 2 aromatic rings. The summed E-state index contributed by atoms with van der Waals surface area (Å²) >= 11 is 3.42. The highest BCUT2D eigenvalue weighted by atomic mass is 79.9. The molecule has 2 N–H and O–H groups in total. The highest BCUT2D eigenvalue weighted by Crippen LogP contribution is 2.20. The Labute approximate surface area is 157 Å². The second-order valence-electron chi connectivity index (χ2n) is 6.76. The number of quaternary nitrogens is 1. The Kier molecular flexibility index (Phi) is 5.76. The first-order chi connectivity index (χ1) is 12.0. The van der Waals surface area contributed by atoms with Gasteiger partial charge in [0.05, 0.1) is 32.4 Å². The molecule has 4 nitrogen and oxygen atoms in total. The lowest BCUT2D eigenvalue weighted by molar-refractivity contribution is -0.918. The molecular weight excluding hydrogens is 378 g/mol. The van der Waals surface area contributed by atoms with Crippen LogP contribution in [0.2, 0.25) is 0 Å². The number of phenols is 1. The quantitative estimate of drug-likeness (QED) is 0.771. The number of piperazine rings is 1. The summed E-state index contributed by atoms with van der Waals surface area (Å²) in [4.78, 5) is 1.60. The predicted octanol–water partition coefficient (Wildman–Crippen LogP) is 2.51. The molecule has 0 atom stereocenters. The number of rotatable bonds is 4. The second kappa shape index (κ2) is 8.02. The Balaban J connectivity index is 1.55. The van der Waals surface area contributed by atoms with E-state index in [4.69, 9.17) is 0 Å². The van der Waals surface area contributed by atoms with E-state index in [0.29, 0.717) is 0 Å². The third kappa shape index (κ3) is 4.83. The van der Waals surface area contributed by atoms with Gasteiger partial charge >= 0.3 is 0 Å². The fraction of sp³-hybridized carbons (Fsp3) is 0.350. The van der Waals surface area contributed by atoms with Crippen LogP contribution in [0.1, 0.15) is 22.3 Å². The van der Waals surface area contributed by atoms with Crippen LogP contribution >= 0.6 is 15.9 Å². The van der Waals surface area contributed by atoms with Crippen molar-refractivity contribution < 1.29 is 10.0 Å². The van der Waals surface area contributed by atoms with Gasteiger partial charge in [0.15, 0.2) is 0 Å². The van der Waals surface area contributed by atoms with Crippen molar-refractivity contribution in [3.05, 3.63) is 63.1 Å². The molecule has 3 rings (SSSR count). The van der Waals surface area contributed by atoms with E-state index in [1.165, 1.54) is 16.7 Å². The van der Waals surface area contributed by atoms with Crippen molar-refractivity contribution in [2.45, 2.75) is 20.4 Å². The van der Waals surface area contributed by atoms with Gasteiger partial charge in [-0.2, -0.15) is 5.10 Å². The molecule has 1 aliphatic rings. The minimum atomic E-state index is 0.256. The summed E-state index contributed by atoms with van der Waals surface area (Å²) in [5.74, 6) is 0.256. The van der Waals surface area contributed by atoms with E-state index in [0.717, 1.165) is 42.8 Å². The van der Waals surface area contributed by atoms with Crippen molar-refractivity contribution >= 4 is 22.1 Å². The van der Waals surface area contributed by atoms with Gasteiger partial charge in [0.1, 0.15) is 12.3 Å². The highest BCUT2D eigenvalue weighted by Gasteiger charge is 2.19. The van der Waals surface area contributed by atoms with Crippen LogP contribution in [0, 0.1) is 13.8 Å². The van der Waals surface area contributed by atoms with E-state index < -0.39 is 0 Å². The topological polar surface area (TPSA) is 40.3 Å². The van der Waals surface area contributed by atoms with E-state index >= 15 is 0 Å². The number of phenolic OH excluding ortho intramolecular Hbond substituents is 1. The molecule has 2 aromatic carbocycles. The number of hydrogen-bond acceptors (Lipinski definition) is 3. The van der Waals surface area contributed by atoms with Gasteiger partial charge < -0.3 is 10.0 Å². The molecule has 1 saturated heterocycles. The van der Waals surface area contributed by atoms with Crippen molar-refractivity contribution in [2.24, 2.45) is 5.10 Å². The molecule has 0 bridgehead atoms. The normalized spacial score (nSPS) is 15.9. The fourth-order valence-corrected chi connectivity index (χ4v) is 3.57. The van der Waals surface area contributed by atoms with Gasteiger partial charge in [0.2, 0.25) is 0 Å². The number of hydrazone groups is 1. The number of halogens is 1. The third-order valence-corrected chi connectivity index (χ3v) is 5.23. The zero-order valence-electron chi connectivity index (χ0n) is 14.8. The maximum Gasteiger partial charge on any atom is 0.124 e. The van der Waals surface area contributed by atoms with Gasteiger partial charge in [0.25, 0.3) is 0 Å². The van der Waals surface area contributed by atoms with Gasteiger partial charge in [0, 0.05) is 15.6 Å². The van der Waals surface area contributed by atoms with Crippen molar-refractivity contribution in [1.82, 2.24) is 5.01 Å². The number of aromatic hydroxyl groups is 1. The number of nitrogens with zero attached hydrogens (tertiary/aromatic N) is 2. The molecule has 0 radical (unpaired) electrons. The number of benzene rings is 2. The van der Waals surface area contributed by atoms with Crippen LogP contribution in [-0.4, -0.2) is 42.5 Å². The summed E-state index contributed by atoms with van der Waals surface area (Å²) < 4.78 is 0.939. The molecule has 5 heteroatoms. The standard InChI is InChI=1S/C20H24BrN3O/c1-15-3-4-17(16(2)11-15)14-23-7-9-24(10-8-23)22-13-18-12-19(21)5-6-20(18)25/h3-6,11-13,25H,7-10,14H2,1-2H3/p+1. The lowest BCUT2D eigenvalue weighted by Crippen LogP contribution is -3.13. The maximum atomic E-state index is 9.88. The van der Waals surface area contributed by atoms with Gasteiger partial charge in [-0.05, 0) is 37.6 Å². The summed E-state index contributed by atoms with van der Waals surface area (Å²) in [7, 11) is 0. The smallest absolute Gasteiger partial charge is 0.124 e. The molecular formula is C20H25BrN3O+. The van der Waals surface area contributed by atoms with Crippen molar-refractivity contribution in [2.75, 3.05) is 26.2 Å². The first-order valence-electron chi connectivity index (χ1n) is 8.68.